The summed E-state index contributed by atoms with van der Waals surface area (Å²) in [5.41, 5.74) is 4.37. The first kappa shape index (κ1) is 14.5. The Hall–Kier alpha value is -1.56. The second-order valence-corrected chi connectivity index (χ2v) is 3.79. The van der Waals surface area contributed by atoms with Crippen molar-refractivity contribution in [3.8, 4) is 0 Å². The van der Waals surface area contributed by atoms with Gasteiger partial charge in [-0.2, -0.15) is 8.78 Å². The number of hydrogen-bond acceptors (Lipinski definition) is 3. The van der Waals surface area contributed by atoms with E-state index >= 15 is 0 Å². The number of esters is 1. The molecular weight excluding hydrogens is 247 g/mol. The lowest BCUT2D eigenvalue weighted by atomic mass is 10.0. The predicted octanol–water partition coefficient (Wildman–Crippen LogP) is 2.50. The van der Waals surface area contributed by atoms with Crippen LogP contribution in [0, 0.1) is 5.82 Å². The number of ether oxygens (including phenoxy) is 1. The second-order valence-electron chi connectivity index (χ2n) is 3.79. The Morgan fingerprint density at radius 3 is 2.61 bits per heavy atom. The molecule has 3 nitrogen and oxygen atoms in total. The van der Waals surface area contributed by atoms with Crippen LogP contribution in [-0.2, 0) is 15.5 Å². The van der Waals surface area contributed by atoms with Gasteiger partial charge < -0.3 is 10.5 Å². The summed E-state index contributed by atoms with van der Waals surface area (Å²) in [7, 11) is 0. The van der Waals surface area contributed by atoms with Crippen LogP contribution in [0.5, 0.6) is 0 Å². The number of carbonyl (C=O) groups is 1. The second kappa shape index (κ2) is 5.39. The summed E-state index contributed by atoms with van der Waals surface area (Å²) in [6, 6.07) is 2.62. The largest absolute Gasteiger partial charge is 0.461 e. The van der Waals surface area contributed by atoms with Crippen LogP contribution >= 0.6 is 0 Å². The zero-order valence-electron chi connectivity index (χ0n) is 10.0. The molecule has 0 aromatic heterocycles. The Morgan fingerprint density at radius 1 is 1.50 bits per heavy atom. The fourth-order valence-electron chi connectivity index (χ4n) is 1.48. The maximum atomic E-state index is 13.9. The molecule has 0 saturated carbocycles. The van der Waals surface area contributed by atoms with Crippen LogP contribution in [0.4, 0.5) is 13.2 Å². The van der Waals surface area contributed by atoms with Gasteiger partial charge in [0.15, 0.2) is 0 Å². The Labute approximate surface area is 103 Å². The maximum Gasteiger partial charge on any atom is 0.382 e. The van der Waals surface area contributed by atoms with Gasteiger partial charge in [0, 0.05) is 11.6 Å². The van der Waals surface area contributed by atoms with E-state index in [1.807, 2.05) is 0 Å². The third-order valence-corrected chi connectivity index (χ3v) is 2.39. The number of halogens is 3. The number of hydrogen-bond donors (Lipinski definition) is 1. The fraction of sp³-hybridized carbons (Fsp3) is 0.417. The summed E-state index contributed by atoms with van der Waals surface area (Å²) in [5, 5.41) is 0. The molecule has 0 aliphatic carbocycles. The van der Waals surface area contributed by atoms with Crippen molar-refractivity contribution in [2.24, 2.45) is 5.73 Å². The van der Waals surface area contributed by atoms with Gasteiger partial charge in [0.25, 0.3) is 0 Å². The van der Waals surface area contributed by atoms with Gasteiger partial charge in [0.2, 0.25) is 0 Å². The van der Waals surface area contributed by atoms with Crippen LogP contribution in [0.1, 0.15) is 31.0 Å². The van der Waals surface area contributed by atoms with E-state index in [0.717, 1.165) is 6.07 Å². The van der Waals surface area contributed by atoms with Gasteiger partial charge in [-0.1, -0.05) is 12.1 Å². The Kier molecular flexibility index (Phi) is 4.34. The van der Waals surface area contributed by atoms with Gasteiger partial charge >= 0.3 is 11.9 Å². The topological polar surface area (TPSA) is 52.3 Å². The van der Waals surface area contributed by atoms with Crippen molar-refractivity contribution in [3.05, 3.63) is 35.1 Å². The highest BCUT2D eigenvalue weighted by atomic mass is 19.3. The van der Waals surface area contributed by atoms with Crippen molar-refractivity contribution in [3.63, 3.8) is 0 Å². The highest BCUT2D eigenvalue weighted by Crippen LogP contribution is 2.33. The van der Waals surface area contributed by atoms with E-state index in [0.29, 0.717) is 0 Å². The van der Waals surface area contributed by atoms with E-state index in [4.69, 9.17) is 5.73 Å². The highest BCUT2D eigenvalue weighted by molar-refractivity contribution is 5.79. The summed E-state index contributed by atoms with van der Waals surface area (Å²) in [6.07, 6.45) is 0. The quantitative estimate of drug-likeness (QED) is 0.847. The molecule has 1 rings (SSSR count). The van der Waals surface area contributed by atoms with E-state index in [-0.39, 0.29) is 12.2 Å². The number of nitrogens with two attached hydrogens (primary N) is 1. The number of benzene rings is 1. The average molecular weight is 261 g/mol. The summed E-state index contributed by atoms with van der Waals surface area (Å²) in [4.78, 5) is 11.1. The van der Waals surface area contributed by atoms with Crippen LogP contribution in [-0.4, -0.2) is 12.6 Å². The Morgan fingerprint density at radius 2 is 2.11 bits per heavy atom. The lowest BCUT2D eigenvalue weighted by Crippen LogP contribution is -2.30. The molecule has 0 unspecified atom stereocenters. The van der Waals surface area contributed by atoms with Crippen LogP contribution in [0.25, 0.3) is 0 Å². The molecule has 18 heavy (non-hydrogen) atoms. The normalized spacial score (nSPS) is 13.2. The first-order valence-electron chi connectivity index (χ1n) is 5.41. The molecule has 0 radical (unpaired) electrons. The van der Waals surface area contributed by atoms with Crippen LogP contribution in [0.2, 0.25) is 0 Å². The van der Waals surface area contributed by atoms with Gasteiger partial charge in [0.05, 0.1) is 12.2 Å². The summed E-state index contributed by atoms with van der Waals surface area (Å²) in [6.45, 7) is 2.65. The maximum absolute atomic E-state index is 13.9. The third kappa shape index (κ3) is 2.64. The van der Waals surface area contributed by atoms with E-state index in [2.05, 4.69) is 4.74 Å². The van der Waals surface area contributed by atoms with Gasteiger partial charge in [-0.05, 0) is 19.9 Å². The van der Waals surface area contributed by atoms with Crippen molar-refractivity contribution in [2.45, 2.75) is 25.8 Å². The fourth-order valence-corrected chi connectivity index (χ4v) is 1.48. The zero-order valence-corrected chi connectivity index (χ0v) is 10.0. The van der Waals surface area contributed by atoms with Crippen molar-refractivity contribution in [1.29, 1.82) is 0 Å². The third-order valence-electron chi connectivity index (χ3n) is 2.39. The molecule has 1 aromatic rings. The average Bonchev–Trinajstić information content (AvgIpc) is 2.28. The first-order chi connectivity index (χ1) is 8.32. The molecule has 0 spiro atoms. The van der Waals surface area contributed by atoms with E-state index in [1.54, 1.807) is 0 Å². The van der Waals surface area contributed by atoms with E-state index < -0.39 is 29.3 Å². The molecule has 1 aromatic carbocycles. The van der Waals surface area contributed by atoms with Gasteiger partial charge in [0.1, 0.15) is 5.82 Å². The van der Waals surface area contributed by atoms with Crippen molar-refractivity contribution >= 4 is 5.97 Å². The molecule has 0 saturated heterocycles. The molecule has 1 atom stereocenters. The molecule has 0 heterocycles. The van der Waals surface area contributed by atoms with Gasteiger partial charge in [-0.3, -0.25) is 0 Å². The SMILES string of the molecule is CCOC(=O)C(F)(F)c1cccc([C@@H](C)N)c1F. The molecule has 0 amide bonds. The van der Waals surface area contributed by atoms with Crippen molar-refractivity contribution in [1.82, 2.24) is 0 Å². The van der Waals surface area contributed by atoms with Crippen LogP contribution in [0.3, 0.4) is 0 Å². The van der Waals surface area contributed by atoms with Crippen molar-refractivity contribution in [2.75, 3.05) is 6.61 Å². The standard InChI is InChI=1S/C12H14F3NO2/c1-3-18-11(17)12(14,15)9-6-4-5-8(7(2)16)10(9)13/h4-7H,3,16H2,1-2H3/t7-/m1/s1. The lowest BCUT2D eigenvalue weighted by Gasteiger charge is -2.18. The Bertz CT molecular complexity index is 447. The Balaban J connectivity index is 3.24. The van der Waals surface area contributed by atoms with Crippen LogP contribution in [0.15, 0.2) is 18.2 Å². The molecule has 0 aliphatic heterocycles. The smallest absolute Gasteiger partial charge is 0.382 e. The van der Waals surface area contributed by atoms with Gasteiger partial charge in [-0.15, -0.1) is 0 Å². The predicted molar refractivity (Wildman–Crippen MR) is 59.5 cm³/mol. The highest BCUT2D eigenvalue weighted by Gasteiger charge is 2.45. The molecular formula is C12H14F3NO2. The summed E-state index contributed by atoms with van der Waals surface area (Å²) >= 11 is 0. The van der Waals surface area contributed by atoms with Gasteiger partial charge in [-0.25, -0.2) is 9.18 Å². The molecule has 0 aliphatic rings. The summed E-state index contributed by atoms with van der Waals surface area (Å²) in [5.74, 6) is -6.97. The number of rotatable bonds is 4. The minimum Gasteiger partial charge on any atom is -0.461 e. The lowest BCUT2D eigenvalue weighted by molar-refractivity contribution is -0.173. The van der Waals surface area contributed by atoms with E-state index in [1.165, 1.54) is 26.0 Å². The minimum absolute atomic E-state index is 0.0727. The number of alkyl halides is 2. The summed E-state index contributed by atoms with van der Waals surface area (Å²) < 4.78 is 45.5. The molecule has 2 N–H and O–H groups in total. The van der Waals surface area contributed by atoms with Crippen LogP contribution < -0.4 is 5.73 Å². The molecule has 0 bridgehead atoms. The minimum atomic E-state index is -4.02. The monoisotopic (exact) mass is 261 g/mol. The first-order valence-corrected chi connectivity index (χ1v) is 5.41. The molecule has 6 heteroatoms. The van der Waals surface area contributed by atoms with E-state index in [9.17, 15) is 18.0 Å². The number of carbonyl (C=O) groups excluding carboxylic acids is 1. The molecule has 100 valence electrons. The zero-order chi connectivity index (χ0) is 13.9. The van der Waals surface area contributed by atoms with Crippen molar-refractivity contribution < 1.29 is 22.7 Å². The molecule has 0 fully saturated rings.